The molecule has 1 aromatic heterocycles. The van der Waals surface area contributed by atoms with Crippen LogP contribution in [0.1, 0.15) is 5.56 Å². The highest BCUT2D eigenvalue weighted by Crippen LogP contribution is 2.17. The van der Waals surface area contributed by atoms with Crippen LogP contribution in [-0.4, -0.2) is 42.0 Å². The van der Waals surface area contributed by atoms with Crippen LogP contribution in [0.5, 0.6) is 0 Å². The predicted molar refractivity (Wildman–Crippen MR) is 82.7 cm³/mol. The zero-order valence-electron chi connectivity index (χ0n) is 11.3. The van der Waals surface area contributed by atoms with Crippen molar-refractivity contribution in [1.29, 1.82) is 0 Å². The zero-order valence-corrected chi connectivity index (χ0v) is 12.9. The first-order valence-corrected chi connectivity index (χ1v) is 7.26. The van der Waals surface area contributed by atoms with Crippen molar-refractivity contribution in [1.82, 2.24) is 9.88 Å². The number of benzene rings is 1. The summed E-state index contributed by atoms with van der Waals surface area (Å²) in [6, 6.07) is 10.4. The van der Waals surface area contributed by atoms with Crippen molar-refractivity contribution < 1.29 is 4.74 Å². The molecule has 0 radical (unpaired) electrons. The summed E-state index contributed by atoms with van der Waals surface area (Å²) in [5.41, 5.74) is 2.37. The number of aromatic nitrogens is 1. The van der Waals surface area contributed by atoms with Crippen LogP contribution in [0.3, 0.4) is 0 Å². The maximum atomic E-state index is 5.14. The highest BCUT2D eigenvalue weighted by molar-refractivity contribution is 9.09. The lowest BCUT2D eigenvalue weighted by atomic mass is 10.1. The van der Waals surface area contributed by atoms with Crippen molar-refractivity contribution in [3.63, 3.8) is 0 Å². The molecule has 1 aromatic carbocycles. The first kappa shape index (κ1) is 14.4. The molecule has 0 spiro atoms. The molecule has 102 valence electrons. The standard InChI is InChI=1S/C15H19BrN2O/c1-18(10-13(16)11-19-2)9-12-7-8-17-15-6-4-3-5-14(12)15/h3-8,13H,9-11H2,1-2H3. The highest BCUT2D eigenvalue weighted by Gasteiger charge is 2.09. The lowest BCUT2D eigenvalue weighted by Gasteiger charge is -2.20. The Labute approximate surface area is 122 Å². The summed E-state index contributed by atoms with van der Waals surface area (Å²) in [5, 5.41) is 1.23. The number of rotatable bonds is 6. The topological polar surface area (TPSA) is 25.4 Å². The molecule has 0 aliphatic heterocycles. The molecule has 1 heterocycles. The number of fused-ring (bicyclic) bond motifs is 1. The molecule has 0 aliphatic rings. The van der Waals surface area contributed by atoms with Crippen LogP contribution in [0.25, 0.3) is 10.9 Å². The molecule has 0 saturated heterocycles. The molecule has 0 N–H and O–H groups in total. The minimum Gasteiger partial charge on any atom is -0.383 e. The largest absolute Gasteiger partial charge is 0.383 e. The Kier molecular flexibility index (Phi) is 5.31. The minimum absolute atomic E-state index is 0.357. The molecule has 1 atom stereocenters. The molecule has 0 bridgehead atoms. The van der Waals surface area contributed by atoms with Gasteiger partial charge in [-0.05, 0) is 24.7 Å². The van der Waals surface area contributed by atoms with Crippen LogP contribution in [0.15, 0.2) is 36.5 Å². The molecule has 19 heavy (non-hydrogen) atoms. The van der Waals surface area contributed by atoms with Crippen LogP contribution in [0.4, 0.5) is 0 Å². The molecule has 0 amide bonds. The van der Waals surface area contributed by atoms with Gasteiger partial charge in [0.25, 0.3) is 0 Å². The van der Waals surface area contributed by atoms with E-state index in [2.05, 4.69) is 57.1 Å². The van der Waals surface area contributed by atoms with Gasteiger partial charge in [-0.15, -0.1) is 0 Å². The molecular formula is C15H19BrN2O. The Morgan fingerprint density at radius 1 is 1.32 bits per heavy atom. The van der Waals surface area contributed by atoms with Gasteiger partial charge < -0.3 is 9.64 Å². The van der Waals surface area contributed by atoms with Crippen LogP contribution in [-0.2, 0) is 11.3 Å². The summed E-state index contributed by atoms with van der Waals surface area (Å²) in [6.45, 7) is 2.58. The lowest BCUT2D eigenvalue weighted by molar-refractivity contribution is 0.185. The number of para-hydroxylation sites is 1. The van der Waals surface area contributed by atoms with E-state index in [1.165, 1.54) is 10.9 Å². The number of hydrogen-bond donors (Lipinski definition) is 0. The zero-order chi connectivity index (χ0) is 13.7. The summed E-state index contributed by atoms with van der Waals surface area (Å²) in [7, 11) is 3.85. The second-order valence-electron chi connectivity index (χ2n) is 4.74. The molecule has 0 fully saturated rings. The third-order valence-corrected chi connectivity index (χ3v) is 3.59. The summed E-state index contributed by atoms with van der Waals surface area (Å²) in [6.07, 6.45) is 1.88. The van der Waals surface area contributed by atoms with Gasteiger partial charge in [-0.3, -0.25) is 4.98 Å². The van der Waals surface area contributed by atoms with Crippen molar-refractivity contribution >= 4 is 26.8 Å². The molecular weight excluding hydrogens is 304 g/mol. The van der Waals surface area contributed by atoms with E-state index in [4.69, 9.17) is 4.74 Å². The van der Waals surface area contributed by atoms with Gasteiger partial charge in [0.15, 0.2) is 0 Å². The Morgan fingerprint density at radius 3 is 2.89 bits per heavy atom. The monoisotopic (exact) mass is 322 g/mol. The van der Waals surface area contributed by atoms with Crippen LogP contribution in [0.2, 0.25) is 0 Å². The lowest BCUT2D eigenvalue weighted by Crippen LogP contribution is -2.28. The number of pyridine rings is 1. The first-order chi connectivity index (χ1) is 9.20. The van der Waals surface area contributed by atoms with E-state index in [-0.39, 0.29) is 0 Å². The number of nitrogens with zero attached hydrogens (tertiary/aromatic N) is 2. The fourth-order valence-electron chi connectivity index (χ4n) is 2.22. The Morgan fingerprint density at radius 2 is 2.11 bits per heavy atom. The van der Waals surface area contributed by atoms with Crippen LogP contribution in [0, 0.1) is 0 Å². The smallest absolute Gasteiger partial charge is 0.0705 e. The average Bonchev–Trinajstić information content (AvgIpc) is 2.39. The summed E-state index contributed by atoms with van der Waals surface area (Å²) in [4.78, 5) is 7.04. The summed E-state index contributed by atoms with van der Waals surface area (Å²) in [5.74, 6) is 0. The first-order valence-electron chi connectivity index (χ1n) is 6.35. The van der Waals surface area contributed by atoms with Crippen molar-refractivity contribution in [2.24, 2.45) is 0 Å². The molecule has 2 rings (SSSR count). The van der Waals surface area contributed by atoms with Crippen LogP contribution < -0.4 is 0 Å². The quantitative estimate of drug-likeness (QED) is 0.764. The number of halogens is 1. The Bertz CT molecular complexity index is 527. The minimum atomic E-state index is 0.357. The van der Waals surface area contributed by atoms with Gasteiger partial charge in [-0.2, -0.15) is 0 Å². The molecule has 3 nitrogen and oxygen atoms in total. The average molecular weight is 323 g/mol. The fraction of sp³-hybridized carbons (Fsp3) is 0.400. The maximum absolute atomic E-state index is 5.14. The van der Waals surface area contributed by atoms with Gasteiger partial charge in [-0.25, -0.2) is 0 Å². The highest BCUT2D eigenvalue weighted by atomic mass is 79.9. The van der Waals surface area contributed by atoms with Gasteiger partial charge >= 0.3 is 0 Å². The summed E-state index contributed by atoms with van der Waals surface area (Å²) < 4.78 is 5.14. The van der Waals surface area contributed by atoms with E-state index >= 15 is 0 Å². The van der Waals surface area contributed by atoms with E-state index < -0.39 is 0 Å². The second-order valence-corrected chi connectivity index (χ2v) is 6.03. The van der Waals surface area contributed by atoms with Crippen molar-refractivity contribution in [2.75, 3.05) is 27.3 Å². The molecule has 0 aliphatic carbocycles. The summed E-state index contributed by atoms with van der Waals surface area (Å²) >= 11 is 3.62. The number of ether oxygens (including phenoxy) is 1. The third kappa shape index (κ3) is 4.00. The Hall–Kier alpha value is -0.970. The van der Waals surface area contributed by atoms with Gasteiger partial charge in [0.2, 0.25) is 0 Å². The Balaban J connectivity index is 2.08. The molecule has 4 heteroatoms. The third-order valence-electron chi connectivity index (χ3n) is 3.04. The molecule has 1 unspecified atom stereocenters. The van der Waals surface area contributed by atoms with Gasteiger partial charge in [-0.1, -0.05) is 34.1 Å². The number of alkyl halides is 1. The van der Waals surface area contributed by atoms with Crippen molar-refractivity contribution in [2.45, 2.75) is 11.4 Å². The van der Waals surface area contributed by atoms with Gasteiger partial charge in [0.05, 0.1) is 17.0 Å². The van der Waals surface area contributed by atoms with E-state index in [9.17, 15) is 0 Å². The van der Waals surface area contributed by atoms with Crippen molar-refractivity contribution in [3.8, 4) is 0 Å². The van der Waals surface area contributed by atoms with Crippen molar-refractivity contribution in [3.05, 3.63) is 42.1 Å². The van der Waals surface area contributed by atoms with E-state index in [0.717, 1.165) is 25.2 Å². The van der Waals surface area contributed by atoms with E-state index in [0.29, 0.717) is 4.83 Å². The second kappa shape index (κ2) is 6.98. The SMILES string of the molecule is COCC(Br)CN(C)Cc1ccnc2ccccc12. The number of hydrogen-bond acceptors (Lipinski definition) is 3. The van der Waals surface area contributed by atoms with Gasteiger partial charge in [0, 0.05) is 31.8 Å². The molecule has 0 saturated carbocycles. The molecule has 2 aromatic rings. The van der Waals surface area contributed by atoms with Crippen LogP contribution >= 0.6 is 15.9 Å². The normalized spacial score (nSPS) is 13.1. The van der Waals surface area contributed by atoms with Gasteiger partial charge in [0.1, 0.15) is 0 Å². The van der Waals surface area contributed by atoms with E-state index in [1.807, 2.05) is 12.3 Å². The number of methoxy groups -OCH3 is 1. The fourth-order valence-corrected chi connectivity index (χ4v) is 2.98. The van der Waals surface area contributed by atoms with E-state index in [1.54, 1.807) is 7.11 Å². The maximum Gasteiger partial charge on any atom is 0.0705 e. The predicted octanol–water partition coefficient (Wildman–Crippen LogP) is 3.08.